The smallest absolute Gasteiger partial charge is 0.293 e. The van der Waals surface area contributed by atoms with Crippen LogP contribution in [0.4, 0.5) is 22.9 Å². The molecule has 1 aromatic heterocycles. The van der Waals surface area contributed by atoms with Crippen LogP contribution in [0.3, 0.4) is 0 Å². The van der Waals surface area contributed by atoms with E-state index in [4.69, 9.17) is 0 Å². The predicted molar refractivity (Wildman–Crippen MR) is 126 cm³/mol. The first-order valence-electron chi connectivity index (χ1n) is 11.2. The van der Waals surface area contributed by atoms with Gasteiger partial charge >= 0.3 is 0 Å². The number of aromatic nitrogens is 1. The third-order valence-corrected chi connectivity index (χ3v) is 6.19. The molecule has 10 heteroatoms. The zero-order chi connectivity index (χ0) is 23.4. The Hall–Kier alpha value is -3.69. The van der Waals surface area contributed by atoms with Crippen molar-refractivity contribution in [1.82, 2.24) is 9.88 Å². The number of anilines is 3. The molecule has 2 aliphatic heterocycles. The monoisotopic (exact) mass is 452 g/mol. The van der Waals surface area contributed by atoms with Crippen LogP contribution in [-0.2, 0) is 4.79 Å². The van der Waals surface area contributed by atoms with E-state index in [1.165, 1.54) is 19.4 Å². The molecule has 174 valence electrons. The highest BCUT2D eigenvalue weighted by Gasteiger charge is 2.26. The molecular formula is C23H28N6O4. The third-order valence-electron chi connectivity index (χ3n) is 6.19. The first-order chi connectivity index (χ1) is 15.9. The molecule has 0 radical (unpaired) electrons. The molecule has 0 spiro atoms. The normalized spacial score (nSPS) is 16.5. The molecule has 10 nitrogen and oxygen atoms in total. The summed E-state index contributed by atoms with van der Waals surface area (Å²) in [5, 5.41) is 14.7. The summed E-state index contributed by atoms with van der Waals surface area (Å²) < 4.78 is 0. The number of benzene rings is 1. The van der Waals surface area contributed by atoms with E-state index in [0.717, 1.165) is 31.7 Å². The quantitative estimate of drug-likeness (QED) is 0.548. The number of carbonyl (C=O) groups is 2. The molecular weight excluding hydrogens is 424 g/mol. The summed E-state index contributed by atoms with van der Waals surface area (Å²) in [6.45, 7) is 5.31. The van der Waals surface area contributed by atoms with Crippen LogP contribution in [-0.4, -0.2) is 65.9 Å². The van der Waals surface area contributed by atoms with E-state index in [1.54, 1.807) is 35.4 Å². The van der Waals surface area contributed by atoms with Crippen molar-refractivity contribution in [2.75, 3.05) is 54.4 Å². The van der Waals surface area contributed by atoms with Gasteiger partial charge in [0.2, 0.25) is 5.91 Å². The zero-order valence-electron chi connectivity index (χ0n) is 18.7. The molecule has 33 heavy (non-hydrogen) atoms. The maximum absolute atomic E-state index is 13.0. The average molecular weight is 453 g/mol. The van der Waals surface area contributed by atoms with Gasteiger partial charge in [0.1, 0.15) is 5.69 Å². The van der Waals surface area contributed by atoms with E-state index in [-0.39, 0.29) is 17.2 Å². The first-order valence-corrected chi connectivity index (χ1v) is 11.2. The van der Waals surface area contributed by atoms with Crippen molar-refractivity contribution in [3.63, 3.8) is 0 Å². The number of hydrogen-bond acceptors (Lipinski definition) is 7. The van der Waals surface area contributed by atoms with E-state index in [9.17, 15) is 19.7 Å². The van der Waals surface area contributed by atoms with Gasteiger partial charge in [-0.1, -0.05) is 0 Å². The number of rotatable bonds is 5. The molecule has 3 heterocycles. The largest absolute Gasteiger partial charge is 0.362 e. The Morgan fingerprint density at radius 3 is 2.39 bits per heavy atom. The Morgan fingerprint density at radius 1 is 1.00 bits per heavy atom. The Balaban J connectivity index is 1.53. The molecule has 0 aliphatic carbocycles. The molecule has 2 amide bonds. The van der Waals surface area contributed by atoms with Crippen molar-refractivity contribution in [2.24, 2.45) is 0 Å². The topological polar surface area (TPSA) is 112 Å². The minimum absolute atomic E-state index is 0.00417. The zero-order valence-corrected chi connectivity index (χ0v) is 18.7. The Bertz CT molecular complexity index is 1040. The number of piperazine rings is 1. The Kier molecular flexibility index (Phi) is 6.71. The van der Waals surface area contributed by atoms with Gasteiger partial charge in [0.05, 0.1) is 10.6 Å². The van der Waals surface area contributed by atoms with Crippen molar-refractivity contribution < 1.29 is 14.5 Å². The summed E-state index contributed by atoms with van der Waals surface area (Å²) in [4.78, 5) is 46.1. The number of nitro benzene ring substituents is 1. The van der Waals surface area contributed by atoms with Crippen molar-refractivity contribution in [3.8, 4) is 0 Å². The summed E-state index contributed by atoms with van der Waals surface area (Å²) in [5.74, 6) is 0.299. The van der Waals surface area contributed by atoms with Crippen LogP contribution in [0.1, 0.15) is 36.5 Å². The lowest BCUT2D eigenvalue weighted by Gasteiger charge is -2.35. The number of pyridine rings is 1. The highest BCUT2D eigenvalue weighted by atomic mass is 16.6. The number of nitrogens with zero attached hydrogens (tertiary/aromatic N) is 5. The lowest BCUT2D eigenvalue weighted by Crippen LogP contribution is -2.48. The molecule has 2 aliphatic rings. The maximum atomic E-state index is 13.0. The van der Waals surface area contributed by atoms with Gasteiger partial charge in [-0.2, -0.15) is 0 Å². The second-order valence-electron chi connectivity index (χ2n) is 8.33. The molecule has 0 saturated carbocycles. The van der Waals surface area contributed by atoms with Crippen LogP contribution in [0.5, 0.6) is 0 Å². The van der Waals surface area contributed by atoms with Gasteiger partial charge in [-0.3, -0.25) is 19.7 Å². The van der Waals surface area contributed by atoms with E-state index in [0.29, 0.717) is 37.6 Å². The van der Waals surface area contributed by atoms with Crippen LogP contribution >= 0.6 is 0 Å². The van der Waals surface area contributed by atoms with E-state index < -0.39 is 10.8 Å². The van der Waals surface area contributed by atoms with Crippen molar-refractivity contribution in [2.45, 2.75) is 26.2 Å². The summed E-state index contributed by atoms with van der Waals surface area (Å²) >= 11 is 0. The minimum Gasteiger partial charge on any atom is -0.362 e. The fourth-order valence-corrected chi connectivity index (χ4v) is 4.39. The van der Waals surface area contributed by atoms with Crippen LogP contribution < -0.4 is 15.1 Å². The number of nitrogens with one attached hydrogen (secondary N) is 1. The van der Waals surface area contributed by atoms with Gasteiger partial charge in [-0.25, -0.2) is 4.98 Å². The molecule has 0 unspecified atom stereocenters. The summed E-state index contributed by atoms with van der Waals surface area (Å²) in [5.41, 5.74) is 1.13. The highest BCUT2D eigenvalue weighted by Crippen LogP contribution is 2.31. The van der Waals surface area contributed by atoms with Crippen LogP contribution in [0, 0.1) is 10.1 Å². The fourth-order valence-electron chi connectivity index (χ4n) is 4.39. The standard InChI is InChI=1S/C23H28N6O4/c1-17(30)26-12-14-27(15-13-26)20-8-7-18(16-21(20)29(32)33)23(31)25-19-6-5-9-24-22(19)28-10-3-2-4-11-28/h5-9,16H,2-4,10-15H2,1H3,(H,25,31). The molecule has 0 bridgehead atoms. The highest BCUT2D eigenvalue weighted by molar-refractivity contribution is 6.06. The Labute approximate surface area is 192 Å². The van der Waals surface area contributed by atoms with E-state index in [2.05, 4.69) is 15.2 Å². The first kappa shape index (κ1) is 22.5. The maximum Gasteiger partial charge on any atom is 0.293 e. The van der Waals surface area contributed by atoms with Gasteiger partial charge in [0, 0.05) is 64.0 Å². The molecule has 2 fully saturated rings. The number of hydrogen-bond donors (Lipinski definition) is 1. The third kappa shape index (κ3) is 5.05. The molecule has 1 N–H and O–H groups in total. The minimum atomic E-state index is -0.466. The number of piperidine rings is 1. The van der Waals surface area contributed by atoms with Crippen molar-refractivity contribution in [1.29, 1.82) is 0 Å². The van der Waals surface area contributed by atoms with Gasteiger partial charge in [0.25, 0.3) is 11.6 Å². The van der Waals surface area contributed by atoms with Crippen LogP contribution in [0.2, 0.25) is 0 Å². The summed E-state index contributed by atoms with van der Waals surface area (Å²) in [6, 6.07) is 8.09. The summed E-state index contributed by atoms with van der Waals surface area (Å²) in [7, 11) is 0. The Morgan fingerprint density at radius 2 is 1.73 bits per heavy atom. The van der Waals surface area contributed by atoms with Crippen molar-refractivity contribution >= 4 is 34.7 Å². The second-order valence-corrected chi connectivity index (χ2v) is 8.33. The predicted octanol–water partition coefficient (Wildman–Crippen LogP) is 2.90. The van der Waals surface area contributed by atoms with Gasteiger partial charge in [-0.05, 0) is 43.5 Å². The van der Waals surface area contributed by atoms with E-state index in [1.807, 2.05) is 4.90 Å². The van der Waals surface area contributed by atoms with Gasteiger partial charge < -0.3 is 20.0 Å². The molecule has 4 rings (SSSR count). The fraction of sp³-hybridized carbons (Fsp3) is 0.435. The lowest BCUT2D eigenvalue weighted by molar-refractivity contribution is -0.384. The number of amides is 2. The number of carbonyl (C=O) groups excluding carboxylic acids is 2. The van der Waals surface area contributed by atoms with Crippen LogP contribution in [0.15, 0.2) is 36.5 Å². The van der Waals surface area contributed by atoms with Crippen LogP contribution in [0.25, 0.3) is 0 Å². The number of nitro groups is 1. The van der Waals surface area contributed by atoms with Crippen molar-refractivity contribution in [3.05, 3.63) is 52.2 Å². The average Bonchev–Trinajstić information content (AvgIpc) is 2.84. The molecule has 1 aromatic carbocycles. The molecule has 2 saturated heterocycles. The molecule has 2 aromatic rings. The van der Waals surface area contributed by atoms with E-state index >= 15 is 0 Å². The van der Waals surface area contributed by atoms with Gasteiger partial charge in [-0.15, -0.1) is 0 Å². The lowest BCUT2D eigenvalue weighted by atomic mass is 10.1. The summed E-state index contributed by atoms with van der Waals surface area (Å²) in [6.07, 6.45) is 5.05. The molecule has 0 atom stereocenters. The van der Waals surface area contributed by atoms with Gasteiger partial charge in [0.15, 0.2) is 5.82 Å². The second kappa shape index (κ2) is 9.85. The SMILES string of the molecule is CC(=O)N1CCN(c2ccc(C(=O)Nc3cccnc3N3CCCCC3)cc2[N+](=O)[O-])CC1.